The van der Waals surface area contributed by atoms with E-state index < -0.39 is 0 Å². The quantitative estimate of drug-likeness (QED) is 0.760. The van der Waals surface area contributed by atoms with E-state index >= 15 is 0 Å². The molecule has 18 heavy (non-hydrogen) atoms. The largest absolute Gasteiger partial charge is 0.314 e. The molecule has 0 saturated carbocycles. The molecular weight excluding hydrogens is 225 g/mol. The summed E-state index contributed by atoms with van der Waals surface area (Å²) in [5, 5.41) is 3.50. The molecule has 102 valence electrons. The molecule has 1 aromatic rings. The molecule has 2 unspecified atom stereocenters. The van der Waals surface area contributed by atoms with Gasteiger partial charge in [-0.3, -0.25) is 0 Å². The van der Waals surface area contributed by atoms with Crippen LogP contribution in [0.25, 0.3) is 0 Å². The molecule has 2 atom stereocenters. The third-order valence-electron chi connectivity index (χ3n) is 3.48. The van der Waals surface area contributed by atoms with E-state index in [1.165, 1.54) is 18.4 Å². The summed E-state index contributed by atoms with van der Waals surface area (Å²) in [5.74, 6) is 0.928. The maximum absolute atomic E-state index is 13.0. The second-order valence-electron chi connectivity index (χ2n) is 5.49. The van der Waals surface area contributed by atoms with Crippen molar-refractivity contribution in [2.75, 3.05) is 6.54 Å². The zero-order valence-electron chi connectivity index (χ0n) is 12.0. The van der Waals surface area contributed by atoms with E-state index in [1.54, 1.807) is 12.1 Å². The molecule has 0 heterocycles. The third kappa shape index (κ3) is 4.77. The molecule has 0 spiro atoms. The molecule has 0 amide bonds. The Morgan fingerprint density at radius 2 is 1.72 bits per heavy atom. The highest BCUT2D eigenvalue weighted by atomic mass is 19.1. The van der Waals surface area contributed by atoms with Crippen molar-refractivity contribution in [2.45, 2.75) is 52.5 Å². The first kappa shape index (κ1) is 15.2. The fraction of sp³-hybridized carbons (Fsp3) is 0.625. The second kappa shape index (κ2) is 7.52. The van der Waals surface area contributed by atoms with Gasteiger partial charge in [0.2, 0.25) is 0 Å². The van der Waals surface area contributed by atoms with Crippen LogP contribution in [0.15, 0.2) is 24.3 Å². The smallest absolute Gasteiger partial charge is 0.123 e. The minimum Gasteiger partial charge on any atom is -0.314 e. The first-order valence-electron chi connectivity index (χ1n) is 7.03. The highest BCUT2D eigenvalue weighted by Crippen LogP contribution is 2.27. The maximum Gasteiger partial charge on any atom is 0.123 e. The lowest BCUT2D eigenvalue weighted by atomic mass is 9.84. The van der Waals surface area contributed by atoms with Gasteiger partial charge in [-0.25, -0.2) is 4.39 Å². The predicted octanol–water partition coefficient (Wildman–Crippen LogP) is 4.34. The van der Waals surface area contributed by atoms with Crippen molar-refractivity contribution in [1.82, 2.24) is 5.32 Å². The number of benzene rings is 1. The Morgan fingerprint density at radius 1 is 1.11 bits per heavy atom. The van der Waals surface area contributed by atoms with E-state index in [1.807, 2.05) is 12.1 Å². The highest BCUT2D eigenvalue weighted by Gasteiger charge is 2.18. The van der Waals surface area contributed by atoms with Gasteiger partial charge in [0.25, 0.3) is 0 Å². The van der Waals surface area contributed by atoms with Gasteiger partial charge in [0.05, 0.1) is 0 Å². The Labute approximate surface area is 111 Å². The number of nitrogens with one attached hydrogen (secondary N) is 1. The van der Waals surface area contributed by atoms with E-state index in [9.17, 15) is 4.39 Å². The van der Waals surface area contributed by atoms with Crippen LogP contribution in [0, 0.1) is 11.7 Å². The van der Waals surface area contributed by atoms with Crippen LogP contribution in [0.5, 0.6) is 0 Å². The molecule has 1 nitrogen and oxygen atoms in total. The van der Waals surface area contributed by atoms with Crippen LogP contribution in [0.4, 0.5) is 4.39 Å². The van der Waals surface area contributed by atoms with Crippen LogP contribution in [0.1, 0.15) is 52.0 Å². The standard InChI is InChI=1S/C16H26FN/c1-5-6-13(4)16(11-18-12(2)3)14-7-9-15(17)10-8-14/h7-10,12-13,16,18H,5-6,11H2,1-4H3. The van der Waals surface area contributed by atoms with E-state index in [4.69, 9.17) is 0 Å². The fourth-order valence-electron chi connectivity index (χ4n) is 2.38. The second-order valence-corrected chi connectivity index (χ2v) is 5.49. The molecular formula is C16H26FN. The van der Waals surface area contributed by atoms with Gasteiger partial charge in [0, 0.05) is 12.6 Å². The summed E-state index contributed by atoms with van der Waals surface area (Å²) < 4.78 is 13.0. The van der Waals surface area contributed by atoms with E-state index in [0.29, 0.717) is 17.9 Å². The van der Waals surface area contributed by atoms with Crippen molar-refractivity contribution in [1.29, 1.82) is 0 Å². The summed E-state index contributed by atoms with van der Waals surface area (Å²) in [6, 6.07) is 7.47. The van der Waals surface area contributed by atoms with E-state index in [2.05, 4.69) is 33.0 Å². The summed E-state index contributed by atoms with van der Waals surface area (Å²) >= 11 is 0. The van der Waals surface area contributed by atoms with Gasteiger partial charge in [-0.1, -0.05) is 52.7 Å². The van der Waals surface area contributed by atoms with Gasteiger partial charge in [-0.15, -0.1) is 0 Å². The maximum atomic E-state index is 13.0. The average Bonchev–Trinajstić information content (AvgIpc) is 2.31. The summed E-state index contributed by atoms with van der Waals surface area (Å²) in [6.07, 6.45) is 2.41. The molecule has 0 aliphatic heterocycles. The lowest BCUT2D eigenvalue weighted by Crippen LogP contribution is -2.30. The zero-order chi connectivity index (χ0) is 13.5. The van der Waals surface area contributed by atoms with Gasteiger partial charge < -0.3 is 5.32 Å². The number of hydrogen-bond donors (Lipinski definition) is 1. The van der Waals surface area contributed by atoms with Gasteiger partial charge in [0.15, 0.2) is 0 Å². The van der Waals surface area contributed by atoms with Crippen molar-refractivity contribution in [2.24, 2.45) is 5.92 Å². The highest BCUT2D eigenvalue weighted by molar-refractivity contribution is 5.21. The van der Waals surface area contributed by atoms with Crippen molar-refractivity contribution >= 4 is 0 Å². The van der Waals surface area contributed by atoms with Gasteiger partial charge in [-0.05, 0) is 29.5 Å². The summed E-state index contributed by atoms with van der Waals surface area (Å²) in [5.41, 5.74) is 1.24. The Morgan fingerprint density at radius 3 is 2.22 bits per heavy atom. The lowest BCUT2D eigenvalue weighted by molar-refractivity contribution is 0.392. The Kier molecular flexibility index (Phi) is 6.34. The van der Waals surface area contributed by atoms with Gasteiger partial charge >= 0.3 is 0 Å². The number of rotatable bonds is 7. The zero-order valence-corrected chi connectivity index (χ0v) is 12.0. The fourth-order valence-corrected chi connectivity index (χ4v) is 2.38. The van der Waals surface area contributed by atoms with Crippen LogP contribution in [-0.2, 0) is 0 Å². The van der Waals surface area contributed by atoms with E-state index in [-0.39, 0.29) is 5.82 Å². The molecule has 1 N–H and O–H groups in total. The third-order valence-corrected chi connectivity index (χ3v) is 3.48. The monoisotopic (exact) mass is 251 g/mol. The molecule has 0 bridgehead atoms. The van der Waals surface area contributed by atoms with Crippen molar-refractivity contribution < 1.29 is 4.39 Å². The first-order chi connectivity index (χ1) is 8.54. The summed E-state index contributed by atoms with van der Waals surface area (Å²) in [7, 11) is 0. The lowest BCUT2D eigenvalue weighted by Gasteiger charge is -2.26. The van der Waals surface area contributed by atoms with Crippen LogP contribution in [0.3, 0.4) is 0 Å². The van der Waals surface area contributed by atoms with Crippen molar-refractivity contribution in [3.63, 3.8) is 0 Å². The first-order valence-corrected chi connectivity index (χ1v) is 7.03. The molecule has 2 heteroatoms. The van der Waals surface area contributed by atoms with Crippen LogP contribution < -0.4 is 5.32 Å². The Bertz CT molecular complexity index is 331. The molecule has 0 aromatic heterocycles. The van der Waals surface area contributed by atoms with Gasteiger partial charge in [0.1, 0.15) is 5.82 Å². The average molecular weight is 251 g/mol. The van der Waals surface area contributed by atoms with Crippen LogP contribution in [0.2, 0.25) is 0 Å². The summed E-state index contributed by atoms with van der Waals surface area (Å²) in [4.78, 5) is 0. The molecule has 0 fully saturated rings. The minimum atomic E-state index is -0.155. The van der Waals surface area contributed by atoms with Crippen LogP contribution in [-0.4, -0.2) is 12.6 Å². The molecule has 0 aliphatic carbocycles. The molecule has 0 aliphatic rings. The molecule has 0 saturated heterocycles. The minimum absolute atomic E-state index is 0.155. The SMILES string of the molecule is CCCC(C)C(CNC(C)C)c1ccc(F)cc1. The Balaban J connectivity index is 2.78. The van der Waals surface area contributed by atoms with Crippen molar-refractivity contribution in [3.8, 4) is 0 Å². The van der Waals surface area contributed by atoms with Gasteiger partial charge in [-0.2, -0.15) is 0 Å². The predicted molar refractivity (Wildman–Crippen MR) is 76.4 cm³/mol. The molecule has 1 rings (SSSR count). The molecule has 0 radical (unpaired) electrons. The summed E-state index contributed by atoms with van der Waals surface area (Å²) in [6.45, 7) is 9.79. The molecule has 1 aromatic carbocycles. The Hall–Kier alpha value is -0.890. The topological polar surface area (TPSA) is 12.0 Å². The number of hydrogen-bond acceptors (Lipinski definition) is 1. The van der Waals surface area contributed by atoms with Crippen molar-refractivity contribution in [3.05, 3.63) is 35.6 Å². The normalized spacial score (nSPS) is 14.8. The van der Waals surface area contributed by atoms with Crippen LogP contribution >= 0.6 is 0 Å². The number of halogens is 1. The van der Waals surface area contributed by atoms with E-state index in [0.717, 1.165) is 6.54 Å².